The number of hydrogen-bond acceptors (Lipinski definition) is 6. The summed E-state index contributed by atoms with van der Waals surface area (Å²) in [5, 5.41) is 15.9. The summed E-state index contributed by atoms with van der Waals surface area (Å²) in [5.74, 6) is -1.12. The normalized spacial score (nSPS) is 16.3. The Labute approximate surface area is 187 Å². The average Bonchev–Trinajstić information content (AvgIpc) is 3.33. The predicted molar refractivity (Wildman–Crippen MR) is 112 cm³/mol. The van der Waals surface area contributed by atoms with Gasteiger partial charge in [-0.15, -0.1) is 0 Å². The number of esters is 1. The molecule has 2 aliphatic rings. The molecular weight excluding hydrogens is 441 g/mol. The average molecular weight is 464 g/mol. The quantitative estimate of drug-likeness (QED) is 0.638. The van der Waals surface area contributed by atoms with Crippen molar-refractivity contribution in [2.45, 2.75) is 31.9 Å². The number of hydrogen-bond donors (Lipinski definition) is 2. The number of ether oxygens (including phenoxy) is 1. The number of nitrogens with zero attached hydrogens (tertiary/aromatic N) is 3. The Balaban J connectivity index is 1.63. The number of aromatic nitrogens is 2. The third kappa shape index (κ3) is 4.32. The third-order valence-electron chi connectivity index (χ3n) is 5.78. The Bertz CT molecular complexity index is 1110. The highest BCUT2D eigenvalue weighted by atomic mass is 19.4. The van der Waals surface area contributed by atoms with Crippen LogP contribution in [0.5, 0.6) is 0 Å². The van der Waals surface area contributed by atoms with Gasteiger partial charge in [0.15, 0.2) is 5.69 Å². The number of benzene rings is 1. The number of carbonyl (C=O) groups is 2. The van der Waals surface area contributed by atoms with Crippen molar-refractivity contribution in [2.24, 2.45) is 0 Å². The van der Waals surface area contributed by atoms with Gasteiger partial charge in [0.05, 0.1) is 31.5 Å². The van der Waals surface area contributed by atoms with Crippen LogP contribution < -0.4 is 5.32 Å². The van der Waals surface area contributed by atoms with Gasteiger partial charge in [0.25, 0.3) is 5.91 Å². The van der Waals surface area contributed by atoms with Gasteiger partial charge in [-0.1, -0.05) is 0 Å². The van der Waals surface area contributed by atoms with Gasteiger partial charge in [-0.2, -0.15) is 18.3 Å². The number of alkyl halides is 3. The summed E-state index contributed by atoms with van der Waals surface area (Å²) in [6.07, 6.45) is -2.16. The second-order valence-electron chi connectivity index (χ2n) is 7.86. The summed E-state index contributed by atoms with van der Waals surface area (Å²) >= 11 is 0. The van der Waals surface area contributed by atoms with Crippen LogP contribution in [0.15, 0.2) is 35.5 Å². The molecule has 2 aromatic rings. The Morgan fingerprint density at radius 2 is 1.91 bits per heavy atom. The van der Waals surface area contributed by atoms with E-state index in [-0.39, 0.29) is 36.5 Å². The van der Waals surface area contributed by atoms with Gasteiger partial charge in [0.2, 0.25) is 0 Å². The second-order valence-corrected chi connectivity index (χ2v) is 7.86. The van der Waals surface area contributed by atoms with Gasteiger partial charge in [-0.05, 0) is 49.9 Å². The zero-order valence-corrected chi connectivity index (χ0v) is 17.9. The molecule has 176 valence electrons. The molecule has 1 aliphatic heterocycles. The molecule has 0 spiro atoms. The number of carbonyl (C=O) groups excluding carboxylic acids is 2. The van der Waals surface area contributed by atoms with Crippen LogP contribution in [0.4, 0.5) is 18.9 Å². The second kappa shape index (κ2) is 8.89. The topological polar surface area (TPSA) is 96.7 Å². The fraction of sp³-hybridized carbons (Fsp3) is 0.409. The molecule has 0 atom stereocenters. The molecule has 1 amide bonds. The Kier molecular flexibility index (Phi) is 6.15. The van der Waals surface area contributed by atoms with Crippen LogP contribution in [0.1, 0.15) is 29.8 Å². The van der Waals surface area contributed by atoms with Gasteiger partial charge < -0.3 is 20.1 Å². The van der Waals surface area contributed by atoms with E-state index in [1.165, 1.54) is 16.7 Å². The van der Waals surface area contributed by atoms with Crippen molar-refractivity contribution in [3.63, 3.8) is 0 Å². The van der Waals surface area contributed by atoms with E-state index >= 15 is 0 Å². The number of amides is 1. The largest absolute Gasteiger partial charge is 0.466 e. The van der Waals surface area contributed by atoms with Crippen LogP contribution in [0.25, 0.3) is 5.69 Å². The minimum atomic E-state index is -4.52. The number of methoxy groups -OCH3 is 1. The molecule has 33 heavy (non-hydrogen) atoms. The lowest BCUT2D eigenvalue weighted by Crippen LogP contribution is -2.31. The summed E-state index contributed by atoms with van der Waals surface area (Å²) in [4.78, 5) is 26.1. The standard InChI is InChI=1S/C22H23F3N4O4/c1-33-21(32)16-12-28(10-11-30)20(31)18(16)26-13-6-8-14(9-7-13)29-17-5-3-2-4-15(17)19(27-29)22(23,24)25/h6-9,26,30H,2-5,10-12H2,1H3. The minimum absolute atomic E-state index is 0.00608. The summed E-state index contributed by atoms with van der Waals surface area (Å²) in [5.41, 5.74) is 1.09. The first-order valence-electron chi connectivity index (χ1n) is 10.5. The molecule has 0 saturated heterocycles. The fourth-order valence-corrected chi connectivity index (χ4v) is 4.22. The molecule has 0 radical (unpaired) electrons. The fourth-order valence-electron chi connectivity index (χ4n) is 4.22. The van der Waals surface area contributed by atoms with E-state index in [2.05, 4.69) is 10.4 Å². The molecule has 1 aromatic carbocycles. The van der Waals surface area contributed by atoms with E-state index in [0.29, 0.717) is 36.3 Å². The molecule has 0 saturated carbocycles. The molecule has 0 bridgehead atoms. The van der Waals surface area contributed by atoms with Crippen molar-refractivity contribution in [1.29, 1.82) is 0 Å². The monoisotopic (exact) mass is 464 g/mol. The van der Waals surface area contributed by atoms with Gasteiger partial charge in [-0.3, -0.25) is 4.79 Å². The molecule has 1 aromatic heterocycles. The zero-order chi connectivity index (χ0) is 23.8. The number of rotatable bonds is 6. The summed E-state index contributed by atoms with van der Waals surface area (Å²) in [6, 6.07) is 6.41. The Hall–Kier alpha value is -3.34. The molecule has 1 aliphatic carbocycles. The van der Waals surface area contributed by atoms with Crippen LogP contribution in [0.2, 0.25) is 0 Å². The van der Waals surface area contributed by atoms with E-state index in [9.17, 15) is 22.8 Å². The summed E-state index contributed by atoms with van der Waals surface area (Å²) in [7, 11) is 1.21. The van der Waals surface area contributed by atoms with Gasteiger partial charge in [-0.25, -0.2) is 9.48 Å². The van der Waals surface area contributed by atoms with E-state index in [1.54, 1.807) is 24.3 Å². The van der Waals surface area contributed by atoms with E-state index in [4.69, 9.17) is 9.84 Å². The van der Waals surface area contributed by atoms with Gasteiger partial charge in [0, 0.05) is 23.5 Å². The smallest absolute Gasteiger partial charge is 0.435 e. The molecule has 2 N–H and O–H groups in total. The SMILES string of the molecule is COC(=O)C1=C(Nc2ccc(-n3nc(C(F)(F)F)c4c3CCCC4)cc2)C(=O)N(CCO)C1. The van der Waals surface area contributed by atoms with E-state index in [1.807, 2.05) is 0 Å². The molecule has 4 rings (SSSR count). The lowest BCUT2D eigenvalue weighted by atomic mass is 9.95. The zero-order valence-electron chi connectivity index (χ0n) is 17.9. The molecule has 2 heterocycles. The molecule has 0 unspecified atom stereocenters. The summed E-state index contributed by atoms with van der Waals surface area (Å²) in [6.45, 7) is -0.183. The maximum Gasteiger partial charge on any atom is 0.435 e. The lowest BCUT2D eigenvalue weighted by Gasteiger charge is -2.16. The van der Waals surface area contributed by atoms with Gasteiger partial charge >= 0.3 is 12.1 Å². The van der Waals surface area contributed by atoms with E-state index in [0.717, 1.165) is 6.42 Å². The highest BCUT2D eigenvalue weighted by Gasteiger charge is 2.40. The van der Waals surface area contributed by atoms with Crippen LogP contribution in [-0.2, 0) is 33.3 Å². The maximum absolute atomic E-state index is 13.5. The lowest BCUT2D eigenvalue weighted by molar-refractivity contribution is -0.142. The number of aliphatic hydroxyl groups excluding tert-OH is 1. The van der Waals surface area contributed by atoms with Crippen molar-refractivity contribution < 1.29 is 32.6 Å². The maximum atomic E-state index is 13.5. The van der Waals surface area contributed by atoms with Crippen LogP contribution in [-0.4, -0.2) is 58.5 Å². The number of halogens is 3. The molecular formula is C22H23F3N4O4. The van der Waals surface area contributed by atoms with Gasteiger partial charge in [0.1, 0.15) is 5.70 Å². The first kappa shape index (κ1) is 22.8. The number of anilines is 1. The summed E-state index contributed by atoms with van der Waals surface area (Å²) < 4.78 is 46.5. The van der Waals surface area contributed by atoms with Crippen LogP contribution >= 0.6 is 0 Å². The van der Waals surface area contributed by atoms with Crippen molar-refractivity contribution in [1.82, 2.24) is 14.7 Å². The Morgan fingerprint density at radius 3 is 2.55 bits per heavy atom. The minimum Gasteiger partial charge on any atom is -0.466 e. The predicted octanol–water partition coefficient (Wildman–Crippen LogP) is 2.44. The first-order chi connectivity index (χ1) is 15.7. The Morgan fingerprint density at radius 1 is 1.21 bits per heavy atom. The van der Waals surface area contributed by atoms with Crippen molar-refractivity contribution in [2.75, 3.05) is 32.1 Å². The number of fused-ring (bicyclic) bond motifs is 1. The number of β-amino-alcohol motifs (C(OH)–C–C–N with tert-alkyl or cyclic N) is 1. The van der Waals surface area contributed by atoms with E-state index < -0.39 is 23.7 Å². The highest BCUT2D eigenvalue weighted by molar-refractivity contribution is 6.08. The third-order valence-corrected chi connectivity index (χ3v) is 5.78. The number of aliphatic hydroxyl groups is 1. The van der Waals surface area contributed by atoms with Crippen molar-refractivity contribution in [3.8, 4) is 5.69 Å². The van der Waals surface area contributed by atoms with Crippen molar-refractivity contribution in [3.05, 3.63) is 52.5 Å². The molecule has 0 fully saturated rings. The van der Waals surface area contributed by atoms with Crippen molar-refractivity contribution >= 4 is 17.6 Å². The first-order valence-corrected chi connectivity index (χ1v) is 10.5. The number of nitrogens with one attached hydrogen (secondary N) is 1. The molecule has 8 nitrogen and oxygen atoms in total. The molecule has 11 heteroatoms. The highest BCUT2D eigenvalue weighted by Crippen LogP contribution is 2.37. The van der Waals surface area contributed by atoms with Crippen LogP contribution in [0.3, 0.4) is 0 Å². The van der Waals surface area contributed by atoms with Crippen LogP contribution in [0, 0.1) is 0 Å².